The molecule has 0 saturated heterocycles. The molecule has 4 aromatic carbocycles. The Balaban J connectivity index is 2.08. The number of aryl methyl sites for hydroxylation is 2. The molecule has 0 amide bonds. The van der Waals surface area contributed by atoms with Crippen molar-refractivity contribution in [3.8, 4) is 17.2 Å². The molecular formula is C32H30O4. The molecule has 4 rings (SSSR count). The van der Waals surface area contributed by atoms with Crippen LogP contribution in [0.25, 0.3) is 11.1 Å². The largest absolute Gasteiger partial charge is 0.496 e. The minimum Gasteiger partial charge on any atom is -0.496 e. The van der Waals surface area contributed by atoms with Crippen molar-refractivity contribution < 1.29 is 19.0 Å². The smallest absolute Gasteiger partial charge is 0.198 e. The summed E-state index contributed by atoms with van der Waals surface area (Å²) in [5.74, 6) is 1.20. The summed E-state index contributed by atoms with van der Waals surface area (Å²) >= 11 is 0. The molecule has 0 radical (unpaired) electrons. The Morgan fingerprint density at radius 3 is 1.56 bits per heavy atom. The van der Waals surface area contributed by atoms with Crippen molar-refractivity contribution in [1.29, 1.82) is 0 Å². The van der Waals surface area contributed by atoms with E-state index in [-0.39, 0.29) is 5.78 Å². The number of carbonyl (C=O) groups excluding carboxylic acids is 1. The van der Waals surface area contributed by atoms with Gasteiger partial charge in [-0.25, -0.2) is 0 Å². The summed E-state index contributed by atoms with van der Waals surface area (Å²) in [6.07, 6.45) is 0. The molecule has 0 bridgehead atoms. The number of ketones is 1. The van der Waals surface area contributed by atoms with Crippen molar-refractivity contribution in [3.05, 3.63) is 124 Å². The number of hydrogen-bond acceptors (Lipinski definition) is 4. The third-order valence-corrected chi connectivity index (χ3v) is 6.17. The second kappa shape index (κ2) is 11.0. The number of carbonyl (C=O) groups is 1. The molecule has 0 aliphatic rings. The number of allylic oxidation sites excluding steroid dienone is 1. The molecule has 4 aromatic rings. The van der Waals surface area contributed by atoms with E-state index in [1.807, 2.05) is 61.5 Å². The maximum atomic E-state index is 14.5. The second-order valence-electron chi connectivity index (χ2n) is 8.58. The van der Waals surface area contributed by atoms with Crippen LogP contribution in [0.15, 0.2) is 91.0 Å². The van der Waals surface area contributed by atoms with Crippen molar-refractivity contribution in [3.63, 3.8) is 0 Å². The van der Waals surface area contributed by atoms with Crippen LogP contribution in [0.3, 0.4) is 0 Å². The molecular weight excluding hydrogens is 448 g/mol. The van der Waals surface area contributed by atoms with Crippen molar-refractivity contribution in [2.24, 2.45) is 0 Å². The Hall–Kier alpha value is -4.31. The van der Waals surface area contributed by atoms with E-state index in [9.17, 15) is 4.79 Å². The molecule has 0 heterocycles. The molecule has 0 N–H and O–H groups in total. The first-order valence-electron chi connectivity index (χ1n) is 11.7. The van der Waals surface area contributed by atoms with Gasteiger partial charge in [-0.15, -0.1) is 0 Å². The number of Topliss-reactive ketones (excluding diaryl/α,β-unsaturated/α-hetero) is 1. The van der Waals surface area contributed by atoms with E-state index in [0.717, 1.165) is 33.4 Å². The predicted molar refractivity (Wildman–Crippen MR) is 145 cm³/mol. The van der Waals surface area contributed by atoms with Crippen LogP contribution in [-0.4, -0.2) is 27.1 Å². The van der Waals surface area contributed by atoms with Gasteiger partial charge >= 0.3 is 0 Å². The molecule has 0 saturated carbocycles. The second-order valence-corrected chi connectivity index (χ2v) is 8.58. The molecule has 0 aliphatic carbocycles. The van der Waals surface area contributed by atoms with Gasteiger partial charge in [-0.05, 0) is 36.6 Å². The molecule has 0 aromatic heterocycles. The average molecular weight is 479 g/mol. The van der Waals surface area contributed by atoms with Gasteiger partial charge in [0, 0.05) is 17.2 Å². The predicted octanol–water partition coefficient (Wildman–Crippen LogP) is 7.17. The zero-order valence-corrected chi connectivity index (χ0v) is 21.3. The maximum absolute atomic E-state index is 14.5. The minimum absolute atomic E-state index is 0.170. The van der Waals surface area contributed by atoms with Gasteiger partial charge in [0.15, 0.2) is 17.3 Å². The van der Waals surface area contributed by atoms with E-state index in [0.29, 0.717) is 28.4 Å². The van der Waals surface area contributed by atoms with Crippen LogP contribution in [0.2, 0.25) is 0 Å². The fourth-order valence-corrected chi connectivity index (χ4v) is 4.23. The topological polar surface area (TPSA) is 44.8 Å². The number of rotatable bonds is 8. The molecule has 4 heteroatoms. The highest BCUT2D eigenvalue weighted by Gasteiger charge is 2.26. The molecule has 36 heavy (non-hydrogen) atoms. The molecule has 182 valence electrons. The maximum Gasteiger partial charge on any atom is 0.198 e. The van der Waals surface area contributed by atoms with E-state index in [4.69, 9.17) is 14.2 Å². The molecule has 0 atom stereocenters. The lowest BCUT2D eigenvalue weighted by atomic mass is 9.85. The summed E-state index contributed by atoms with van der Waals surface area (Å²) in [4.78, 5) is 14.5. The summed E-state index contributed by atoms with van der Waals surface area (Å²) in [7, 11) is 4.66. The molecule has 0 aliphatic heterocycles. The average Bonchev–Trinajstić information content (AvgIpc) is 2.92. The fourth-order valence-electron chi connectivity index (χ4n) is 4.23. The van der Waals surface area contributed by atoms with Gasteiger partial charge in [0.2, 0.25) is 0 Å². The van der Waals surface area contributed by atoms with E-state index in [1.165, 1.54) is 0 Å². The van der Waals surface area contributed by atoms with Crippen LogP contribution in [0.1, 0.15) is 38.2 Å². The van der Waals surface area contributed by atoms with Crippen molar-refractivity contribution in [2.45, 2.75) is 13.8 Å². The quantitative estimate of drug-likeness (QED) is 0.153. The Labute approximate surface area is 212 Å². The highest BCUT2D eigenvalue weighted by Crippen LogP contribution is 2.40. The molecule has 0 unspecified atom stereocenters. The number of ether oxygens (including phenoxy) is 3. The summed E-state index contributed by atoms with van der Waals surface area (Å²) in [5, 5.41) is 0. The number of benzene rings is 4. The minimum atomic E-state index is -0.170. The Morgan fingerprint density at radius 2 is 1.03 bits per heavy atom. The summed E-state index contributed by atoms with van der Waals surface area (Å²) in [5.41, 5.74) is 6.81. The van der Waals surface area contributed by atoms with Gasteiger partial charge in [-0.2, -0.15) is 0 Å². The number of methoxy groups -OCH3 is 3. The lowest BCUT2D eigenvalue weighted by Gasteiger charge is -2.19. The fraction of sp³-hybridized carbons (Fsp3) is 0.156. The monoisotopic (exact) mass is 478 g/mol. The van der Waals surface area contributed by atoms with Crippen molar-refractivity contribution in [1.82, 2.24) is 0 Å². The zero-order valence-electron chi connectivity index (χ0n) is 21.3. The van der Waals surface area contributed by atoms with Crippen molar-refractivity contribution >= 4 is 16.9 Å². The van der Waals surface area contributed by atoms with Gasteiger partial charge in [-0.3, -0.25) is 4.79 Å². The van der Waals surface area contributed by atoms with E-state index in [1.54, 1.807) is 33.5 Å². The Morgan fingerprint density at radius 1 is 0.556 bits per heavy atom. The lowest BCUT2D eigenvalue weighted by molar-refractivity contribution is 0.105. The number of hydrogen-bond donors (Lipinski definition) is 0. The standard InChI is InChI=1S/C32H30O4/c1-21-11-15-24(16-12-21)30(23-9-7-6-8-10-23)31(25-17-13-22(2)14-18-25)32(33)26-19-28(35-4)29(36-5)20-27(26)34-3/h6-20H,1-5H3/b31-30+. The van der Waals surface area contributed by atoms with E-state index < -0.39 is 0 Å². The molecule has 0 fully saturated rings. The summed E-state index contributed by atoms with van der Waals surface area (Å²) in [6, 6.07) is 29.6. The lowest BCUT2D eigenvalue weighted by Crippen LogP contribution is -2.09. The van der Waals surface area contributed by atoms with Gasteiger partial charge in [0.25, 0.3) is 0 Å². The van der Waals surface area contributed by atoms with E-state index in [2.05, 4.69) is 31.2 Å². The Kier molecular flexibility index (Phi) is 7.55. The highest BCUT2D eigenvalue weighted by molar-refractivity contribution is 6.36. The van der Waals surface area contributed by atoms with Crippen LogP contribution in [0.4, 0.5) is 0 Å². The zero-order chi connectivity index (χ0) is 25.7. The first-order chi connectivity index (χ1) is 17.5. The normalized spacial score (nSPS) is 11.5. The highest BCUT2D eigenvalue weighted by atomic mass is 16.5. The SMILES string of the molecule is COc1cc(OC)c(C(=O)/C(=C(\c2ccccc2)c2ccc(C)cc2)c2ccc(C)cc2)cc1OC. The van der Waals surface area contributed by atoms with Crippen LogP contribution in [0, 0.1) is 13.8 Å². The third-order valence-electron chi connectivity index (χ3n) is 6.17. The van der Waals surface area contributed by atoms with Crippen LogP contribution in [-0.2, 0) is 0 Å². The molecule has 0 spiro atoms. The third kappa shape index (κ3) is 5.03. The van der Waals surface area contributed by atoms with Gasteiger partial charge in [0.05, 0.1) is 26.9 Å². The van der Waals surface area contributed by atoms with E-state index >= 15 is 0 Å². The van der Waals surface area contributed by atoms with Crippen LogP contribution in [0.5, 0.6) is 17.2 Å². The van der Waals surface area contributed by atoms with Gasteiger partial charge in [0.1, 0.15) is 5.75 Å². The van der Waals surface area contributed by atoms with Gasteiger partial charge in [-0.1, -0.05) is 90.0 Å². The Bertz CT molecular complexity index is 1380. The molecule has 4 nitrogen and oxygen atoms in total. The summed E-state index contributed by atoms with van der Waals surface area (Å²) in [6.45, 7) is 4.08. The first-order valence-corrected chi connectivity index (χ1v) is 11.7. The first kappa shape index (κ1) is 24.8. The van der Waals surface area contributed by atoms with Crippen molar-refractivity contribution in [2.75, 3.05) is 21.3 Å². The van der Waals surface area contributed by atoms with Crippen LogP contribution < -0.4 is 14.2 Å². The van der Waals surface area contributed by atoms with Crippen LogP contribution >= 0.6 is 0 Å². The summed E-state index contributed by atoms with van der Waals surface area (Å²) < 4.78 is 16.6. The van der Waals surface area contributed by atoms with Gasteiger partial charge < -0.3 is 14.2 Å².